The van der Waals surface area contributed by atoms with Crippen molar-refractivity contribution in [1.82, 2.24) is 5.32 Å². The number of sulfone groups is 1. The second-order valence-corrected chi connectivity index (χ2v) is 12.1. The molecule has 0 bridgehead atoms. The molecule has 1 amide bonds. The Balaban J connectivity index is 1.89. The van der Waals surface area contributed by atoms with Crippen LogP contribution in [0, 0.1) is 13.8 Å². The van der Waals surface area contributed by atoms with E-state index in [1.54, 1.807) is 49.4 Å². The zero-order valence-electron chi connectivity index (χ0n) is 19.5. The third-order valence-corrected chi connectivity index (χ3v) is 8.55. The Hall–Kier alpha value is -3.17. The molecule has 0 saturated carbocycles. The maximum Gasteiger partial charge on any atom is 0.264 e. The summed E-state index contributed by atoms with van der Waals surface area (Å²) in [5, 5.41) is 2.82. The van der Waals surface area contributed by atoms with Gasteiger partial charge in [-0.2, -0.15) is 0 Å². The fourth-order valence-electron chi connectivity index (χ4n) is 3.53. The number of sulfonamides is 1. The summed E-state index contributed by atoms with van der Waals surface area (Å²) in [6.07, 6.45) is 1.13. The molecule has 0 fully saturated rings. The van der Waals surface area contributed by atoms with Crippen LogP contribution in [0.25, 0.3) is 0 Å². The number of aryl methyl sites for hydroxylation is 1. The van der Waals surface area contributed by atoms with Gasteiger partial charge in [-0.05, 0) is 67.8 Å². The van der Waals surface area contributed by atoms with Gasteiger partial charge in [0.2, 0.25) is 5.91 Å². The average molecular weight is 501 g/mol. The predicted molar refractivity (Wildman–Crippen MR) is 133 cm³/mol. The van der Waals surface area contributed by atoms with Crippen LogP contribution in [0.2, 0.25) is 0 Å². The highest BCUT2D eigenvalue weighted by Gasteiger charge is 2.29. The minimum atomic E-state index is -4.01. The lowest BCUT2D eigenvalue weighted by Crippen LogP contribution is -2.42. The van der Waals surface area contributed by atoms with Gasteiger partial charge in [-0.25, -0.2) is 16.8 Å². The molecule has 0 radical (unpaired) electrons. The van der Waals surface area contributed by atoms with E-state index in [4.69, 9.17) is 0 Å². The molecule has 3 aromatic rings. The van der Waals surface area contributed by atoms with Crippen LogP contribution >= 0.6 is 0 Å². The highest BCUT2D eigenvalue weighted by atomic mass is 32.2. The molecule has 0 spiro atoms. The first-order chi connectivity index (χ1) is 15.9. The van der Waals surface area contributed by atoms with Crippen molar-refractivity contribution < 1.29 is 21.6 Å². The van der Waals surface area contributed by atoms with Crippen molar-refractivity contribution in [2.45, 2.75) is 36.6 Å². The van der Waals surface area contributed by atoms with Gasteiger partial charge in [0.15, 0.2) is 9.84 Å². The molecule has 34 heavy (non-hydrogen) atoms. The van der Waals surface area contributed by atoms with E-state index in [0.29, 0.717) is 11.3 Å². The SMILES string of the molecule is Cc1cccc(N(CC(=O)NC(C)c2ccc(S(C)(=O)=O)cc2)S(=O)(=O)c2ccccc2)c1C. The minimum Gasteiger partial charge on any atom is -0.348 e. The fourth-order valence-corrected chi connectivity index (χ4v) is 5.66. The zero-order valence-corrected chi connectivity index (χ0v) is 21.2. The quantitative estimate of drug-likeness (QED) is 0.507. The van der Waals surface area contributed by atoms with Gasteiger partial charge < -0.3 is 5.32 Å². The van der Waals surface area contributed by atoms with Crippen molar-refractivity contribution >= 4 is 31.5 Å². The Morgan fingerprint density at radius 1 is 0.853 bits per heavy atom. The zero-order chi connectivity index (χ0) is 25.1. The molecule has 1 unspecified atom stereocenters. The van der Waals surface area contributed by atoms with Crippen LogP contribution in [0.1, 0.15) is 29.7 Å². The fraction of sp³-hybridized carbons (Fsp3) is 0.240. The Labute approximate surface area is 201 Å². The van der Waals surface area contributed by atoms with Crippen molar-refractivity contribution in [2.75, 3.05) is 17.1 Å². The van der Waals surface area contributed by atoms with E-state index < -0.39 is 38.4 Å². The minimum absolute atomic E-state index is 0.0909. The van der Waals surface area contributed by atoms with Crippen LogP contribution in [0.15, 0.2) is 82.6 Å². The second kappa shape index (κ2) is 9.99. The maximum atomic E-state index is 13.5. The van der Waals surface area contributed by atoms with E-state index in [0.717, 1.165) is 21.7 Å². The maximum absolute atomic E-state index is 13.5. The molecule has 180 valence electrons. The van der Waals surface area contributed by atoms with Crippen LogP contribution in [0.5, 0.6) is 0 Å². The van der Waals surface area contributed by atoms with Gasteiger partial charge in [-0.1, -0.05) is 42.5 Å². The van der Waals surface area contributed by atoms with Gasteiger partial charge in [0.25, 0.3) is 10.0 Å². The topological polar surface area (TPSA) is 101 Å². The lowest BCUT2D eigenvalue weighted by Gasteiger charge is -2.27. The number of nitrogens with one attached hydrogen (secondary N) is 1. The summed E-state index contributed by atoms with van der Waals surface area (Å²) >= 11 is 0. The summed E-state index contributed by atoms with van der Waals surface area (Å²) in [7, 11) is -7.33. The first kappa shape index (κ1) is 25.5. The summed E-state index contributed by atoms with van der Waals surface area (Å²) in [5.74, 6) is -0.486. The Kier molecular flexibility index (Phi) is 7.48. The Morgan fingerprint density at radius 2 is 1.47 bits per heavy atom. The van der Waals surface area contributed by atoms with Gasteiger partial charge in [0.05, 0.1) is 21.5 Å². The molecule has 0 saturated heterocycles. The molecule has 7 nitrogen and oxygen atoms in total. The molecule has 3 aromatic carbocycles. The number of hydrogen-bond donors (Lipinski definition) is 1. The number of carbonyl (C=O) groups excluding carboxylic acids is 1. The molecule has 0 aliphatic carbocycles. The molecule has 1 atom stereocenters. The van der Waals surface area contributed by atoms with Crippen molar-refractivity contribution in [3.63, 3.8) is 0 Å². The van der Waals surface area contributed by atoms with Gasteiger partial charge in [-0.15, -0.1) is 0 Å². The van der Waals surface area contributed by atoms with Gasteiger partial charge in [0.1, 0.15) is 6.54 Å². The lowest BCUT2D eigenvalue weighted by molar-refractivity contribution is -0.120. The number of anilines is 1. The summed E-state index contributed by atoms with van der Waals surface area (Å²) < 4.78 is 51.5. The number of hydrogen-bond acceptors (Lipinski definition) is 5. The molecule has 9 heteroatoms. The van der Waals surface area contributed by atoms with Crippen molar-refractivity contribution in [2.24, 2.45) is 0 Å². The lowest BCUT2D eigenvalue weighted by atomic mass is 10.1. The third kappa shape index (κ3) is 5.66. The molecule has 1 N–H and O–H groups in total. The first-order valence-corrected chi connectivity index (χ1v) is 14.0. The number of carbonyl (C=O) groups is 1. The Bertz CT molecular complexity index is 1380. The largest absolute Gasteiger partial charge is 0.348 e. The van der Waals surface area contributed by atoms with Crippen LogP contribution in [0.3, 0.4) is 0 Å². The first-order valence-electron chi connectivity index (χ1n) is 10.6. The van der Waals surface area contributed by atoms with Crippen molar-refractivity contribution in [3.05, 3.63) is 89.5 Å². The molecule has 0 aliphatic rings. The summed E-state index contributed by atoms with van der Waals surface area (Å²) in [5.41, 5.74) is 2.80. The van der Waals surface area contributed by atoms with E-state index in [1.165, 1.54) is 24.3 Å². The van der Waals surface area contributed by atoms with Crippen molar-refractivity contribution in [1.29, 1.82) is 0 Å². The number of rotatable bonds is 8. The monoisotopic (exact) mass is 500 g/mol. The van der Waals surface area contributed by atoms with Crippen LogP contribution in [-0.2, 0) is 24.7 Å². The molecule has 0 aromatic heterocycles. The van der Waals surface area contributed by atoms with Gasteiger partial charge in [0, 0.05) is 6.26 Å². The van der Waals surface area contributed by atoms with Crippen LogP contribution in [0.4, 0.5) is 5.69 Å². The van der Waals surface area contributed by atoms with Crippen LogP contribution < -0.4 is 9.62 Å². The second-order valence-electron chi connectivity index (χ2n) is 8.17. The molecular weight excluding hydrogens is 472 g/mol. The van der Waals surface area contributed by atoms with E-state index in [2.05, 4.69) is 5.32 Å². The highest BCUT2D eigenvalue weighted by Crippen LogP contribution is 2.28. The van der Waals surface area contributed by atoms with E-state index in [-0.39, 0.29) is 9.79 Å². The number of nitrogens with zero attached hydrogens (tertiary/aromatic N) is 1. The smallest absolute Gasteiger partial charge is 0.264 e. The standard InChI is InChI=1S/C25H28N2O5S2/c1-18-9-8-12-24(19(18)2)27(34(31,32)23-10-6-5-7-11-23)17-25(28)26-20(3)21-13-15-22(16-14-21)33(4,29)30/h5-16,20H,17H2,1-4H3,(H,26,28). The Morgan fingerprint density at radius 3 is 2.06 bits per heavy atom. The highest BCUT2D eigenvalue weighted by molar-refractivity contribution is 7.93. The summed E-state index contributed by atoms with van der Waals surface area (Å²) in [6.45, 7) is 5.05. The van der Waals surface area contributed by atoms with Gasteiger partial charge >= 0.3 is 0 Å². The molecule has 3 rings (SSSR count). The summed E-state index contributed by atoms with van der Waals surface area (Å²) in [6, 6.07) is 19.1. The molecule has 0 heterocycles. The van der Waals surface area contributed by atoms with Gasteiger partial charge in [-0.3, -0.25) is 9.10 Å². The average Bonchev–Trinajstić information content (AvgIpc) is 2.79. The number of benzene rings is 3. The molecule has 0 aliphatic heterocycles. The van der Waals surface area contributed by atoms with Crippen molar-refractivity contribution in [3.8, 4) is 0 Å². The number of amides is 1. The van der Waals surface area contributed by atoms with E-state index in [1.807, 2.05) is 19.9 Å². The normalized spacial score (nSPS) is 12.7. The predicted octanol–water partition coefficient (Wildman–Crippen LogP) is 3.78. The van der Waals surface area contributed by atoms with Crippen LogP contribution in [-0.4, -0.2) is 35.5 Å². The third-order valence-electron chi connectivity index (χ3n) is 5.65. The van der Waals surface area contributed by atoms with E-state index in [9.17, 15) is 21.6 Å². The molecular formula is C25H28N2O5S2. The summed E-state index contributed by atoms with van der Waals surface area (Å²) in [4.78, 5) is 13.3. The van der Waals surface area contributed by atoms with E-state index >= 15 is 0 Å².